The van der Waals surface area contributed by atoms with Gasteiger partial charge in [0.2, 0.25) is 0 Å². The summed E-state index contributed by atoms with van der Waals surface area (Å²) in [5.74, 6) is 0.948. The molecule has 0 spiro atoms. The number of benzene rings is 1. The number of hydrogen-bond acceptors (Lipinski definition) is 2. The van der Waals surface area contributed by atoms with E-state index in [-0.39, 0.29) is 11.9 Å². The van der Waals surface area contributed by atoms with E-state index in [1.54, 1.807) is 23.9 Å². The van der Waals surface area contributed by atoms with E-state index < -0.39 is 0 Å². The first-order chi connectivity index (χ1) is 7.65. The molecule has 0 unspecified atom stereocenters. The van der Waals surface area contributed by atoms with Gasteiger partial charge in [0, 0.05) is 6.04 Å². The van der Waals surface area contributed by atoms with E-state index in [4.69, 9.17) is 11.6 Å². The highest BCUT2D eigenvalue weighted by atomic mass is 35.5. The zero-order chi connectivity index (χ0) is 12.0. The zero-order valence-electron chi connectivity index (χ0n) is 9.50. The number of halogens is 1. The molecule has 0 saturated carbocycles. The first-order valence-electron chi connectivity index (χ1n) is 5.19. The fourth-order valence-electron chi connectivity index (χ4n) is 1.31. The maximum atomic E-state index is 11.8. The summed E-state index contributed by atoms with van der Waals surface area (Å²) in [4.78, 5) is 11.8. The lowest BCUT2D eigenvalue weighted by Crippen LogP contribution is -2.33. The second-order valence-corrected chi connectivity index (χ2v) is 5.03. The Bertz CT molecular complexity index is 357. The van der Waals surface area contributed by atoms with Crippen molar-refractivity contribution in [2.24, 2.45) is 0 Å². The Morgan fingerprint density at radius 1 is 1.50 bits per heavy atom. The van der Waals surface area contributed by atoms with Crippen LogP contribution in [0.2, 0.25) is 5.02 Å². The molecule has 16 heavy (non-hydrogen) atoms. The van der Waals surface area contributed by atoms with Gasteiger partial charge in [-0.15, -0.1) is 0 Å². The molecule has 1 aromatic carbocycles. The van der Waals surface area contributed by atoms with E-state index in [0.29, 0.717) is 10.6 Å². The highest BCUT2D eigenvalue weighted by molar-refractivity contribution is 7.98. The van der Waals surface area contributed by atoms with Crippen LogP contribution in [-0.2, 0) is 0 Å². The normalized spacial score (nSPS) is 12.2. The van der Waals surface area contributed by atoms with Gasteiger partial charge in [-0.05, 0) is 37.5 Å². The molecule has 1 rings (SSSR count). The highest BCUT2D eigenvalue weighted by Gasteiger charge is 2.11. The Labute approximate surface area is 106 Å². The summed E-state index contributed by atoms with van der Waals surface area (Å²) in [5, 5.41) is 3.43. The number of amides is 1. The van der Waals surface area contributed by atoms with Crippen molar-refractivity contribution >= 4 is 29.3 Å². The van der Waals surface area contributed by atoms with Crippen molar-refractivity contribution in [3.8, 4) is 0 Å². The number of thioether (sulfide) groups is 1. The first kappa shape index (κ1) is 13.4. The third-order valence-corrected chi connectivity index (χ3v) is 3.22. The van der Waals surface area contributed by atoms with Crippen molar-refractivity contribution < 1.29 is 4.79 Å². The molecule has 0 radical (unpaired) electrons. The summed E-state index contributed by atoms with van der Waals surface area (Å²) in [6.07, 6.45) is 3.03. The van der Waals surface area contributed by atoms with Crippen LogP contribution in [0, 0.1) is 0 Å². The summed E-state index contributed by atoms with van der Waals surface area (Å²) in [5.41, 5.74) is 0.542. The van der Waals surface area contributed by atoms with E-state index in [2.05, 4.69) is 11.6 Å². The minimum Gasteiger partial charge on any atom is -0.350 e. The van der Waals surface area contributed by atoms with Gasteiger partial charge in [-0.3, -0.25) is 4.79 Å². The van der Waals surface area contributed by atoms with Crippen LogP contribution in [0.1, 0.15) is 23.7 Å². The summed E-state index contributed by atoms with van der Waals surface area (Å²) in [6.45, 7) is 2.00. The van der Waals surface area contributed by atoms with Crippen molar-refractivity contribution in [3.63, 3.8) is 0 Å². The number of hydrogen-bond donors (Lipinski definition) is 1. The number of nitrogens with one attached hydrogen (secondary N) is 1. The Kier molecular flexibility index (Phi) is 5.71. The van der Waals surface area contributed by atoms with Crippen molar-refractivity contribution in [1.82, 2.24) is 5.32 Å². The maximum absolute atomic E-state index is 11.8. The Morgan fingerprint density at radius 3 is 2.81 bits per heavy atom. The molecule has 0 aliphatic heterocycles. The summed E-state index contributed by atoms with van der Waals surface area (Å²) in [6, 6.07) is 7.27. The molecule has 0 saturated heterocycles. The summed E-state index contributed by atoms with van der Waals surface area (Å²) >= 11 is 7.72. The number of rotatable bonds is 5. The first-order valence-corrected chi connectivity index (χ1v) is 6.96. The standard InChI is InChI=1S/C12H16ClNOS/c1-9(7-8-16-2)14-12(15)10-5-3-4-6-11(10)13/h3-6,9H,7-8H2,1-2H3,(H,14,15)/t9-/m0/s1. The molecule has 0 fully saturated rings. The van der Waals surface area contributed by atoms with Gasteiger partial charge in [0.15, 0.2) is 0 Å². The number of carbonyl (C=O) groups excluding carboxylic acids is 1. The van der Waals surface area contributed by atoms with Crippen LogP contribution in [0.15, 0.2) is 24.3 Å². The van der Waals surface area contributed by atoms with Crippen molar-refractivity contribution in [2.75, 3.05) is 12.0 Å². The lowest BCUT2D eigenvalue weighted by Gasteiger charge is -2.13. The second-order valence-electron chi connectivity index (χ2n) is 3.64. The highest BCUT2D eigenvalue weighted by Crippen LogP contribution is 2.14. The van der Waals surface area contributed by atoms with Crippen LogP contribution >= 0.6 is 23.4 Å². The van der Waals surface area contributed by atoms with Crippen LogP contribution in [0.5, 0.6) is 0 Å². The molecular weight excluding hydrogens is 242 g/mol. The molecule has 0 aromatic heterocycles. The van der Waals surface area contributed by atoms with E-state index in [0.717, 1.165) is 12.2 Å². The minimum absolute atomic E-state index is 0.0980. The average Bonchev–Trinajstić information content (AvgIpc) is 2.26. The van der Waals surface area contributed by atoms with Crippen LogP contribution in [0.25, 0.3) is 0 Å². The molecule has 0 aliphatic rings. The predicted molar refractivity (Wildman–Crippen MR) is 71.4 cm³/mol. The summed E-state index contributed by atoms with van der Waals surface area (Å²) in [7, 11) is 0. The molecule has 0 bridgehead atoms. The smallest absolute Gasteiger partial charge is 0.252 e. The molecule has 1 amide bonds. The van der Waals surface area contributed by atoms with Gasteiger partial charge in [0.05, 0.1) is 10.6 Å². The lowest BCUT2D eigenvalue weighted by molar-refractivity contribution is 0.0939. The molecule has 0 aliphatic carbocycles. The van der Waals surface area contributed by atoms with Crippen LogP contribution < -0.4 is 5.32 Å². The topological polar surface area (TPSA) is 29.1 Å². The molecular formula is C12H16ClNOS. The Hall–Kier alpha value is -0.670. The predicted octanol–water partition coefficient (Wildman–Crippen LogP) is 3.21. The van der Waals surface area contributed by atoms with E-state index >= 15 is 0 Å². The molecule has 88 valence electrons. The average molecular weight is 258 g/mol. The molecule has 4 heteroatoms. The van der Waals surface area contributed by atoms with Crippen LogP contribution in [0.3, 0.4) is 0 Å². The SMILES string of the molecule is CSCC[C@H](C)NC(=O)c1ccccc1Cl. The van der Waals surface area contributed by atoms with Gasteiger partial charge < -0.3 is 5.32 Å². The van der Waals surface area contributed by atoms with Gasteiger partial charge in [-0.1, -0.05) is 23.7 Å². The van der Waals surface area contributed by atoms with E-state index in [1.165, 1.54) is 0 Å². The third-order valence-electron chi connectivity index (χ3n) is 2.25. The molecule has 0 heterocycles. The van der Waals surface area contributed by atoms with Gasteiger partial charge in [-0.2, -0.15) is 11.8 Å². The van der Waals surface area contributed by atoms with Crippen molar-refractivity contribution in [3.05, 3.63) is 34.9 Å². The maximum Gasteiger partial charge on any atom is 0.252 e. The van der Waals surface area contributed by atoms with Crippen LogP contribution in [-0.4, -0.2) is 24.0 Å². The molecule has 1 N–H and O–H groups in total. The van der Waals surface area contributed by atoms with E-state index in [9.17, 15) is 4.79 Å². The quantitative estimate of drug-likeness (QED) is 0.878. The Balaban J connectivity index is 2.56. The fourth-order valence-corrected chi connectivity index (χ4v) is 2.12. The second kappa shape index (κ2) is 6.81. The number of carbonyl (C=O) groups is 1. The molecule has 2 nitrogen and oxygen atoms in total. The Morgan fingerprint density at radius 2 is 2.19 bits per heavy atom. The fraction of sp³-hybridized carbons (Fsp3) is 0.417. The summed E-state index contributed by atoms with van der Waals surface area (Å²) < 4.78 is 0. The van der Waals surface area contributed by atoms with Crippen LogP contribution in [0.4, 0.5) is 0 Å². The monoisotopic (exact) mass is 257 g/mol. The van der Waals surface area contributed by atoms with E-state index in [1.807, 2.05) is 19.1 Å². The van der Waals surface area contributed by atoms with Gasteiger partial charge in [0.1, 0.15) is 0 Å². The minimum atomic E-state index is -0.0980. The molecule has 1 aromatic rings. The third kappa shape index (κ3) is 4.06. The van der Waals surface area contributed by atoms with Crippen molar-refractivity contribution in [2.45, 2.75) is 19.4 Å². The van der Waals surface area contributed by atoms with Gasteiger partial charge in [0.25, 0.3) is 5.91 Å². The lowest BCUT2D eigenvalue weighted by atomic mass is 10.2. The molecule has 1 atom stereocenters. The van der Waals surface area contributed by atoms with Gasteiger partial charge >= 0.3 is 0 Å². The van der Waals surface area contributed by atoms with Crippen molar-refractivity contribution in [1.29, 1.82) is 0 Å². The van der Waals surface area contributed by atoms with Gasteiger partial charge in [-0.25, -0.2) is 0 Å². The zero-order valence-corrected chi connectivity index (χ0v) is 11.1. The largest absolute Gasteiger partial charge is 0.350 e.